The lowest BCUT2D eigenvalue weighted by atomic mass is 9.99. The highest BCUT2D eigenvalue weighted by molar-refractivity contribution is 5.94. The Morgan fingerprint density at radius 2 is 2.17 bits per heavy atom. The molecule has 1 amide bonds. The van der Waals surface area contributed by atoms with Crippen LogP contribution < -0.4 is 5.32 Å². The van der Waals surface area contributed by atoms with Gasteiger partial charge in [-0.15, -0.1) is 10.2 Å². The van der Waals surface area contributed by atoms with Crippen molar-refractivity contribution < 1.29 is 19.7 Å². The first-order valence-electron chi connectivity index (χ1n) is 7.64. The van der Waals surface area contributed by atoms with Gasteiger partial charge in [0.25, 0.3) is 5.91 Å². The largest absolute Gasteiger partial charge is 0.394 e. The maximum Gasteiger partial charge on any atom is 0.251 e. The number of benzene rings is 1. The van der Waals surface area contributed by atoms with E-state index < -0.39 is 18.2 Å². The van der Waals surface area contributed by atoms with Crippen LogP contribution in [0.3, 0.4) is 0 Å². The van der Waals surface area contributed by atoms with Gasteiger partial charge in [-0.3, -0.25) is 4.79 Å². The standard InChI is InChI=1S/C15H19N5O4/c1-20-18-14(17-19-20)9-2-4-10(5-3-9)15(23)16-11-6-7-24-12(8-21)13(11)22/h2-5,11-13,21-22H,6-8H2,1H3,(H,16,23)/t11-,12+,13-/m0/s1. The molecule has 0 spiro atoms. The maximum absolute atomic E-state index is 12.3. The molecule has 0 aliphatic carbocycles. The third kappa shape index (κ3) is 3.42. The summed E-state index contributed by atoms with van der Waals surface area (Å²) < 4.78 is 5.25. The molecule has 9 nitrogen and oxygen atoms in total. The summed E-state index contributed by atoms with van der Waals surface area (Å²) in [5.41, 5.74) is 1.22. The second kappa shape index (κ2) is 7.04. The predicted molar refractivity (Wildman–Crippen MR) is 82.9 cm³/mol. The fraction of sp³-hybridized carbons (Fsp3) is 0.467. The van der Waals surface area contributed by atoms with E-state index in [9.17, 15) is 9.90 Å². The third-order valence-corrected chi connectivity index (χ3v) is 3.96. The Morgan fingerprint density at radius 1 is 1.42 bits per heavy atom. The van der Waals surface area contributed by atoms with Crippen molar-refractivity contribution in [3.63, 3.8) is 0 Å². The van der Waals surface area contributed by atoms with E-state index in [-0.39, 0.29) is 12.5 Å². The molecule has 2 heterocycles. The lowest BCUT2D eigenvalue weighted by Gasteiger charge is -2.34. The molecule has 1 aromatic heterocycles. The fourth-order valence-electron chi connectivity index (χ4n) is 2.62. The zero-order chi connectivity index (χ0) is 17.1. The van der Waals surface area contributed by atoms with Gasteiger partial charge in [-0.25, -0.2) is 0 Å². The van der Waals surface area contributed by atoms with Gasteiger partial charge in [0, 0.05) is 17.7 Å². The molecule has 1 aliphatic rings. The third-order valence-electron chi connectivity index (χ3n) is 3.96. The summed E-state index contributed by atoms with van der Waals surface area (Å²) in [5.74, 6) is 0.186. The Balaban J connectivity index is 1.67. The molecule has 3 atom stereocenters. The van der Waals surface area contributed by atoms with E-state index in [1.54, 1.807) is 31.3 Å². The number of amides is 1. The number of rotatable bonds is 4. The van der Waals surface area contributed by atoms with Crippen molar-refractivity contribution >= 4 is 5.91 Å². The number of aliphatic hydroxyl groups is 2. The Hall–Kier alpha value is -2.36. The second-order valence-corrected chi connectivity index (χ2v) is 5.63. The first-order chi connectivity index (χ1) is 11.6. The highest BCUT2D eigenvalue weighted by Crippen LogP contribution is 2.17. The van der Waals surface area contributed by atoms with Crippen molar-refractivity contribution in [1.82, 2.24) is 25.5 Å². The first-order valence-corrected chi connectivity index (χ1v) is 7.64. The van der Waals surface area contributed by atoms with Gasteiger partial charge in [0.2, 0.25) is 5.82 Å². The second-order valence-electron chi connectivity index (χ2n) is 5.63. The summed E-state index contributed by atoms with van der Waals surface area (Å²) in [5, 5.41) is 33.8. The van der Waals surface area contributed by atoms with Crippen LogP contribution in [0.4, 0.5) is 0 Å². The molecule has 0 radical (unpaired) electrons. The average Bonchev–Trinajstić information content (AvgIpc) is 3.03. The number of hydrogen-bond acceptors (Lipinski definition) is 7. The Kier molecular flexibility index (Phi) is 4.84. The first kappa shape index (κ1) is 16.5. The van der Waals surface area contributed by atoms with Crippen LogP contribution in [-0.4, -0.2) is 67.8 Å². The van der Waals surface area contributed by atoms with Crippen molar-refractivity contribution in [3.8, 4) is 11.4 Å². The molecule has 1 fully saturated rings. The van der Waals surface area contributed by atoms with Gasteiger partial charge in [0.1, 0.15) is 12.2 Å². The van der Waals surface area contributed by atoms with Gasteiger partial charge in [0.15, 0.2) is 0 Å². The minimum Gasteiger partial charge on any atom is -0.394 e. The SMILES string of the molecule is Cn1nnc(-c2ccc(C(=O)N[C@H]3CCO[C@H](CO)[C@H]3O)cc2)n1. The van der Waals surface area contributed by atoms with Gasteiger partial charge >= 0.3 is 0 Å². The number of ether oxygens (including phenoxy) is 1. The van der Waals surface area contributed by atoms with E-state index in [4.69, 9.17) is 9.84 Å². The number of tetrazole rings is 1. The smallest absolute Gasteiger partial charge is 0.251 e. The molecule has 3 rings (SSSR count). The van der Waals surface area contributed by atoms with Crippen molar-refractivity contribution in [2.24, 2.45) is 7.05 Å². The lowest BCUT2D eigenvalue weighted by molar-refractivity contribution is -0.107. The summed E-state index contributed by atoms with van der Waals surface area (Å²) in [7, 11) is 1.68. The molecule has 1 saturated heterocycles. The van der Waals surface area contributed by atoms with Crippen LogP contribution in [0.15, 0.2) is 24.3 Å². The number of aromatic nitrogens is 4. The van der Waals surface area contributed by atoms with E-state index in [1.165, 1.54) is 4.80 Å². The number of aliphatic hydroxyl groups excluding tert-OH is 2. The molecular formula is C15H19N5O4. The number of carbonyl (C=O) groups excluding carboxylic acids is 1. The summed E-state index contributed by atoms with van der Waals surface area (Å²) in [6.07, 6.45) is -1.12. The zero-order valence-electron chi connectivity index (χ0n) is 13.2. The molecular weight excluding hydrogens is 314 g/mol. The normalized spacial score (nSPS) is 23.9. The van der Waals surface area contributed by atoms with Gasteiger partial charge < -0.3 is 20.3 Å². The lowest BCUT2D eigenvalue weighted by Crippen LogP contribution is -2.54. The van der Waals surface area contributed by atoms with Crippen LogP contribution in [0.1, 0.15) is 16.8 Å². The van der Waals surface area contributed by atoms with Crippen molar-refractivity contribution in [3.05, 3.63) is 29.8 Å². The maximum atomic E-state index is 12.3. The Morgan fingerprint density at radius 3 is 2.79 bits per heavy atom. The van der Waals surface area contributed by atoms with Crippen molar-refractivity contribution in [2.75, 3.05) is 13.2 Å². The van der Waals surface area contributed by atoms with Crippen molar-refractivity contribution in [1.29, 1.82) is 0 Å². The quantitative estimate of drug-likeness (QED) is 0.664. The number of carbonyl (C=O) groups is 1. The summed E-state index contributed by atoms with van der Waals surface area (Å²) in [4.78, 5) is 13.7. The number of aryl methyl sites for hydroxylation is 1. The van der Waals surface area contributed by atoms with Crippen LogP contribution >= 0.6 is 0 Å². The number of nitrogens with one attached hydrogen (secondary N) is 1. The molecule has 0 unspecified atom stereocenters. The number of hydrogen-bond donors (Lipinski definition) is 3. The molecule has 9 heteroatoms. The molecule has 0 bridgehead atoms. The minimum absolute atomic E-state index is 0.284. The molecule has 1 aliphatic heterocycles. The molecule has 24 heavy (non-hydrogen) atoms. The van der Waals surface area contributed by atoms with Crippen LogP contribution in [0.5, 0.6) is 0 Å². The molecule has 1 aromatic carbocycles. The van der Waals surface area contributed by atoms with E-state index >= 15 is 0 Å². The van der Waals surface area contributed by atoms with E-state index in [2.05, 4.69) is 20.7 Å². The summed E-state index contributed by atoms with van der Waals surface area (Å²) in [6, 6.07) is 6.35. The zero-order valence-corrected chi connectivity index (χ0v) is 13.2. The summed E-state index contributed by atoms with van der Waals surface area (Å²) >= 11 is 0. The fourth-order valence-corrected chi connectivity index (χ4v) is 2.62. The van der Waals surface area contributed by atoms with Crippen LogP contribution in [-0.2, 0) is 11.8 Å². The topological polar surface area (TPSA) is 122 Å². The van der Waals surface area contributed by atoms with Gasteiger partial charge in [0.05, 0.1) is 19.7 Å². The van der Waals surface area contributed by atoms with E-state index in [1.807, 2.05) is 0 Å². The highest BCUT2D eigenvalue weighted by Gasteiger charge is 2.33. The summed E-state index contributed by atoms with van der Waals surface area (Å²) in [6.45, 7) is 0.0951. The van der Waals surface area contributed by atoms with Crippen LogP contribution in [0.2, 0.25) is 0 Å². The van der Waals surface area contributed by atoms with E-state index in [0.717, 1.165) is 5.56 Å². The molecule has 2 aromatic rings. The predicted octanol–water partition coefficient (Wildman–Crippen LogP) is -0.882. The number of nitrogens with zero attached hydrogens (tertiary/aromatic N) is 4. The van der Waals surface area contributed by atoms with Gasteiger partial charge in [-0.05, 0) is 23.8 Å². The van der Waals surface area contributed by atoms with Crippen molar-refractivity contribution in [2.45, 2.75) is 24.7 Å². The van der Waals surface area contributed by atoms with Crippen LogP contribution in [0, 0.1) is 0 Å². The van der Waals surface area contributed by atoms with Gasteiger partial charge in [-0.1, -0.05) is 12.1 Å². The van der Waals surface area contributed by atoms with Gasteiger partial charge in [-0.2, -0.15) is 4.80 Å². The monoisotopic (exact) mass is 333 g/mol. The molecule has 128 valence electrons. The molecule has 0 saturated carbocycles. The highest BCUT2D eigenvalue weighted by atomic mass is 16.5. The molecule has 3 N–H and O–H groups in total. The Bertz CT molecular complexity index is 702. The minimum atomic E-state index is -0.934. The Labute approximate surface area is 138 Å². The van der Waals surface area contributed by atoms with Crippen LogP contribution in [0.25, 0.3) is 11.4 Å². The average molecular weight is 333 g/mol. The van der Waals surface area contributed by atoms with E-state index in [0.29, 0.717) is 24.4 Å².